The molecule has 0 saturated carbocycles. The van der Waals surface area contributed by atoms with E-state index in [0.29, 0.717) is 27.1 Å². The second-order valence-corrected chi connectivity index (χ2v) is 5.17. The van der Waals surface area contributed by atoms with Gasteiger partial charge in [0.05, 0.1) is 15.7 Å². The molecule has 0 unspecified atom stereocenters. The Bertz CT molecular complexity index is 592. The molecule has 0 amide bonds. The van der Waals surface area contributed by atoms with E-state index >= 15 is 0 Å². The lowest BCUT2D eigenvalue weighted by Crippen LogP contribution is -2.03. The number of nitrogens with one attached hydrogen (secondary N) is 1. The van der Waals surface area contributed by atoms with Gasteiger partial charge in [-0.05, 0) is 47.5 Å². The summed E-state index contributed by atoms with van der Waals surface area (Å²) in [5.74, 6) is 1.52. The summed E-state index contributed by atoms with van der Waals surface area (Å²) in [4.78, 5) is 8.41. The second kappa shape index (κ2) is 6.21. The molecule has 2 aromatic rings. The van der Waals surface area contributed by atoms with E-state index in [1.807, 2.05) is 26.0 Å². The molecular formula is C13H13BrClN3O. The van der Waals surface area contributed by atoms with Gasteiger partial charge >= 0.3 is 0 Å². The van der Waals surface area contributed by atoms with Crippen LogP contribution in [0.25, 0.3) is 0 Å². The average Bonchev–Trinajstić information content (AvgIpc) is 2.38. The monoisotopic (exact) mass is 341 g/mol. The van der Waals surface area contributed by atoms with Crippen molar-refractivity contribution in [1.82, 2.24) is 9.97 Å². The van der Waals surface area contributed by atoms with Crippen molar-refractivity contribution >= 4 is 33.5 Å². The van der Waals surface area contributed by atoms with Crippen LogP contribution in [0.1, 0.15) is 12.5 Å². The molecule has 0 bridgehead atoms. The lowest BCUT2D eigenvalue weighted by atomic mass is 10.2. The standard InChI is InChI=1S/C13H13BrClN3O/c1-3-16-13-17-7-9(14)12(18-13)19-11-6-8(2)4-5-10(11)15/h4-7H,3H2,1-2H3,(H,16,17,18). The van der Waals surface area contributed by atoms with Crippen LogP contribution in [0.3, 0.4) is 0 Å². The Kier molecular flexibility index (Phi) is 4.61. The van der Waals surface area contributed by atoms with Gasteiger partial charge in [-0.15, -0.1) is 0 Å². The highest BCUT2D eigenvalue weighted by Crippen LogP contribution is 2.33. The first kappa shape index (κ1) is 14.1. The van der Waals surface area contributed by atoms with Crippen molar-refractivity contribution in [2.24, 2.45) is 0 Å². The maximum atomic E-state index is 6.10. The summed E-state index contributed by atoms with van der Waals surface area (Å²) in [7, 11) is 0. The highest BCUT2D eigenvalue weighted by Gasteiger charge is 2.10. The van der Waals surface area contributed by atoms with Crippen LogP contribution in [0.5, 0.6) is 11.6 Å². The molecule has 0 aliphatic rings. The average molecular weight is 343 g/mol. The highest BCUT2D eigenvalue weighted by atomic mass is 79.9. The van der Waals surface area contributed by atoms with Crippen molar-refractivity contribution in [3.8, 4) is 11.6 Å². The van der Waals surface area contributed by atoms with Crippen LogP contribution in [0.4, 0.5) is 5.95 Å². The summed E-state index contributed by atoms with van der Waals surface area (Å²) in [6, 6.07) is 5.59. The number of rotatable bonds is 4. The van der Waals surface area contributed by atoms with E-state index in [4.69, 9.17) is 16.3 Å². The molecule has 0 aliphatic carbocycles. The molecule has 4 nitrogen and oxygen atoms in total. The predicted octanol–water partition coefficient (Wildman–Crippen LogP) is 4.43. The molecule has 0 spiro atoms. The van der Waals surface area contributed by atoms with Gasteiger partial charge in [0.2, 0.25) is 11.8 Å². The quantitative estimate of drug-likeness (QED) is 0.893. The summed E-state index contributed by atoms with van der Waals surface area (Å²) in [6.07, 6.45) is 1.64. The van der Waals surface area contributed by atoms with Crippen molar-refractivity contribution in [1.29, 1.82) is 0 Å². The summed E-state index contributed by atoms with van der Waals surface area (Å²) in [5, 5.41) is 3.57. The molecule has 0 aliphatic heterocycles. The number of anilines is 1. The molecule has 6 heteroatoms. The minimum absolute atomic E-state index is 0.429. The number of hydrogen-bond acceptors (Lipinski definition) is 4. The molecule has 1 N–H and O–H groups in total. The number of halogens is 2. The van der Waals surface area contributed by atoms with Crippen LogP contribution in [0.2, 0.25) is 5.02 Å². The third-order valence-corrected chi connectivity index (χ3v) is 3.20. The summed E-state index contributed by atoms with van der Waals surface area (Å²) in [5.41, 5.74) is 1.07. The van der Waals surface area contributed by atoms with E-state index in [0.717, 1.165) is 12.1 Å². The molecule has 1 aromatic carbocycles. The topological polar surface area (TPSA) is 47.0 Å². The van der Waals surface area contributed by atoms with Crippen molar-refractivity contribution in [2.75, 3.05) is 11.9 Å². The van der Waals surface area contributed by atoms with Gasteiger partial charge in [0.25, 0.3) is 0 Å². The van der Waals surface area contributed by atoms with Crippen LogP contribution in [0.15, 0.2) is 28.9 Å². The normalized spacial score (nSPS) is 10.3. The third kappa shape index (κ3) is 3.58. The van der Waals surface area contributed by atoms with Crippen molar-refractivity contribution in [2.45, 2.75) is 13.8 Å². The molecular weight excluding hydrogens is 330 g/mol. The maximum Gasteiger partial charge on any atom is 0.238 e. The van der Waals surface area contributed by atoms with E-state index in [1.54, 1.807) is 12.3 Å². The first-order chi connectivity index (χ1) is 9.10. The van der Waals surface area contributed by atoms with E-state index in [-0.39, 0.29) is 0 Å². The zero-order valence-corrected chi connectivity index (χ0v) is 12.9. The Morgan fingerprint density at radius 1 is 1.42 bits per heavy atom. The second-order valence-electron chi connectivity index (χ2n) is 3.91. The van der Waals surface area contributed by atoms with Crippen LogP contribution in [0, 0.1) is 6.92 Å². The van der Waals surface area contributed by atoms with E-state index in [1.165, 1.54) is 0 Å². The largest absolute Gasteiger partial charge is 0.436 e. The Hall–Kier alpha value is -1.33. The summed E-state index contributed by atoms with van der Waals surface area (Å²) >= 11 is 9.46. The summed E-state index contributed by atoms with van der Waals surface area (Å²) in [6.45, 7) is 4.69. The number of benzene rings is 1. The lowest BCUT2D eigenvalue weighted by Gasteiger charge is -2.10. The number of ether oxygens (including phenoxy) is 1. The van der Waals surface area contributed by atoms with Crippen LogP contribution in [-0.2, 0) is 0 Å². The predicted molar refractivity (Wildman–Crippen MR) is 80.2 cm³/mol. The van der Waals surface area contributed by atoms with Gasteiger partial charge < -0.3 is 10.1 Å². The minimum Gasteiger partial charge on any atom is -0.436 e. The molecule has 0 atom stereocenters. The van der Waals surface area contributed by atoms with Gasteiger partial charge in [0, 0.05) is 6.54 Å². The van der Waals surface area contributed by atoms with Crippen LogP contribution in [-0.4, -0.2) is 16.5 Å². The smallest absolute Gasteiger partial charge is 0.238 e. The highest BCUT2D eigenvalue weighted by molar-refractivity contribution is 9.10. The van der Waals surface area contributed by atoms with Crippen LogP contribution >= 0.6 is 27.5 Å². The molecule has 1 heterocycles. The number of hydrogen-bond donors (Lipinski definition) is 1. The maximum absolute atomic E-state index is 6.10. The lowest BCUT2D eigenvalue weighted by molar-refractivity contribution is 0.459. The van der Waals surface area contributed by atoms with Gasteiger partial charge in [-0.2, -0.15) is 4.98 Å². The SMILES string of the molecule is CCNc1ncc(Br)c(Oc2cc(C)ccc2Cl)n1. The number of nitrogens with zero attached hydrogens (tertiary/aromatic N) is 2. The zero-order chi connectivity index (χ0) is 13.8. The van der Waals surface area contributed by atoms with E-state index < -0.39 is 0 Å². The van der Waals surface area contributed by atoms with E-state index in [9.17, 15) is 0 Å². The molecule has 0 radical (unpaired) electrons. The Labute approximate surface area is 125 Å². The van der Waals surface area contributed by atoms with E-state index in [2.05, 4.69) is 31.2 Å². The fourth-order valence-corrected chi connectivity index (χ4v) is 1.89. The zero-order valence-electron chi connectivity index (χ0n) is 10.6. The fraction of sp³-hybridized carbons (Fsp3) is 0.231. The van der Waals surface area contributed by atoms with Crippen LogP contribution < -0.4 is 10.1 Å². The number of aromatic nitrogens is 2. The molecule has 0 saturated heterocycles. The third-order valence-electron chi connectivity index (χ3n) is 2.34. The van der Waals surface area contributed by atoms with Gasteiger partial charge in [-0.3, -0.25) is 0 Å². The van der Waals surface area contributed by atoms with Gasteiger partial charge in [-0.1, -0.05) is 17.7 Å². The molecule has 1 aromatic heterocycles. The first-order valence-corrected chi connectivity index (χ1v) is 6.97. The molecule has 0 fully saturated rings. The Balaban J connectivity index is 2.31. The van der Waals surface area contributed by atoms with Gasteiger partial charge in [0.1, 0.15) is 5.75 Å². The van der Waals surface area contributed by atoms with Crippen molar-refractivity contribution < 1.29 is 4.74 Å². The molecule has 2 rings (SSSR count). The Morgan fingerprint density at radius 2 is 2.21 bits per heavy atom. The minimum atomic E-state index is 0.429. The molecule has 19 heavy (non-hydrogen) atoms. The summed E-state index contributed by atoms with van der Waals surface area (Å²) < 4.78 is 6.41. The van der Waals surface area contributed by atoms with Gasteiger partial charge in [0.15, 0.2) is 0 Å². The number of aryl methyl sites for hydroxylation is 1. The molecule has 100 valence electrons. The van der Waals surface area contributed by atoms with Gasteiger partial charge in [-0.25, -0.2) is 4.98 Å². The fourth-order valence-electron chi connectivity index (χ4n) is 1.46. The first-order valence-electron chi connectivity index (χ1n) is 5.80. The Morgan fingerprint density at radius 3 is 2.95 bits per heavy atom. The van der Waals surface area contributed by atoms with Crippen molar-refractivity contribution in [3.05, 3.63) is 39.5 Å². The van der Waals surface area contributed by atoms with Crippen molar-refractivity contribution in [3.63, 3.8) is 0 Å².